The number of aliphatic hydroxyl groups is 1. The van der Waals surface area contributed by atoms with E-state index in [0.717, 1.165) is 18.4 Å². The number of benzene rings is 1. The van der Waals surface area contributed by atoms with Gasteiger partial charge in [-0.05, 0) is 36.0 Å². The lowest BCUT2D eigenvalue weighted by atomic mass is 9.96. The van der Waals surface area contributed by atoms with E-state index in [4.69, 9.17) is 0 Å². The van der Waals surface area contributed by atoms with Crippen molar-refractivity contribution in [2.75, 3.05) is 22.9 Å². The van der Waals surface area contributed by atoms with Crippen LogP contribution < -0.4 is 10.0 Å². The third-order valence-electron chi connectivity index (χ3n) is 4.56. The largest absolute Gasteiger partial charge is 0.416 e. The van der Waals surface area contributed by atoms with Gasteiger partial charge in [-0.15, -0.1) is 0 Å². The van der Waals surface area contributed by atoms with Gasteiger partial charge in [-0.2, -0.15) is 28.1 Å². The highest BCUT2D eigenvalue weighted by Gasteiger charge is 2.30. The number of nitrogens with one attached hydrogen (secondary N) is 2. The fraction of sp³-hybridized carbons (Fsp3) is 0.550. The van der Waals surface area contributed by atoms with Crippen molar-refractivity contribution in [1.82, 2.24) is 15.0 Å². The van der Waals surface area contributed by atoms with Crippen LogP contribution in [0.15, 0.2) is 24.3 Å². The van der Waals surface area contributed by atoms with Crippen LogP contribution in [0, 0.1) is 5.92 Å². The highest BCUT2D eigenvalue weighted by atomic mass is 32.2. The van der Waals surface area contributed by atoms with Gasteiger partial charge in [-0.1, -0.05) is 32.9 Å². The van der Waals surface area contributed by atoms with E-state index in [1.807, 2.05) is 13.8 Å². The van der Waals surface area contributed by atoms with Crippen molar-refractivity contribution >= 4 is 21.9 Å². The molecule has 0 spiro atoms. The van der Waals surface area contributed by atoms with Gasteiger partial charge in [0.25, 0.3) is 0 Å². The summed E-state index contributed by atoms with van der Waals surface area (Å²) in [5.41, 5.74) is -0.0847. The molecule has 0 bridgehead atoms. The maximum atomic E-state index is 12.8. The molecule has 0 aliphatic carbocycles. The number of aliphatic hydroxyl groups excluding tert-OH is 1. The molecule has 178 valence electrons. The van der Waals surface area contributed by atoms with Gasteiger partial charge in [0.2, 0.25) is 21.9 Å². The average Bonchev–Trinajstić information content (AvgIpc) is 2.65. The second-order valence-electron chi connectivity index (χ2n) is 8.15. The Balaban J connectivity index is 2.29. The molecule has 0 fully saturated rings. The average molecular weight is 476 g/mol. The topological polar surface area (TPSA) is 117 Å². The van der Waals surface area contributed by atoms with Gasteiger partial charge in [0.05, 0.1) is 24.5 Å². The number of sulfonamides is 1. The zero-order valence-electron chi connectivity index (χ0n) is 18.3. The van der Waals surface area contributed by atoms with Crippen molar-refractivity contribution in [1.29, 1.82) is 0 Å². The Morgan fingerprint density at radius 3 is 2.12 bits per heavy atom. The van der Waals surface area contributed by atoms with Gasteiger partial charge in [0, 0.05) is 6.42 Å². The molecule has 8 nitrogen and oxygen atoms in total. The molecule has 32 heavy (non-hydrogen) atoms. The number of aromatic nitrogens is 3. The molecule has 1 unspecified atom stereocenters. The summed E-state index contributed by atoms with van der Waals surface area (Å²) in [6, 6.07) is 4.48. The van der Waals surface area contributed by atoms with Gasteiger partial charge in [-0.25, -0.2) is 8.42 Å². The molecular formula is C20H28F3N5O3S. The monoisotopic (exact) mass is 475 g/mol. The van der Waals surface area contributed by atoms with E-state index in [1.54, 1.807) is 6.92 Å². The minimum absolute atomic E-state index is 0.0977. The predicted octanol–water partition coefficient (Wildman–Crippen LogP) is 3.43. The molecule has 12 heteroatoms. The molecule has 0 radical (unpaired) electrons. The first kappa shape index (κ1) is 25.8. The van der Waals surface area contributed by atoms with Crippen LogP contribution in [0.2, 0.25) is 0 Å². The molecule has 2 rings (SSSR count). The molecule has 0 saturated heterocycles. The van der Waals surface area contributed by atoms with Crippen molar-refractivity contribution in [2.45, 2.75) is 51.7 Å². The number of hydrogen-bond acceptors (Lipinski definition) is 7. The van der Waals surface area contributed by atoms with Crippen LogP contribution in [0.4, 0.5) is 25.1 Å². The van der Waals surface area contributed by atoms with E-state index >= 15 is 0 Å². The van der Waals surface area contributed by atoms with Crippen LogP contribution >= 0.6 is 0 Å². The molecule has 0 amide bonds. The quantitative estimate of drug-likeness (QED) is 0.482. The van der Waals surface area contributed by atoms with Crippen molar-refractivity contribution in [3.05, 3.63) is 41.2 Å². The Kier molecular flexibility index (Phi) is 8.41. The van der Waals surface area contributed by atoms with Gasteiger partial charge in [0.15, 0.2) is 0 Å². The standard InChI is InChI=1S/C20H28F3N5O3S/c1-12(2)9-16(11-29)24-18-25-17(26-19(27-18)28-32(4,30)31)10-13(3)14-5-7-15(8-6-14)20(21,22)23/h5-8,12-13,16,29H,9-11H2,1-4H3,(H2,24,25,26,27,28)/t13?,16-/m1/s1. The Labute approximate surface area is 185 Å². The molecule has 0 aliphatic rings. The van der Waals surface area contributed by atoms with Gasteiger partial charge >= 0.3 is 6.18 Å². The normalized spacial score (nSPS) is 14.3. The molecule has 3 N–H and O–H groups in total. The van der Waals surface area contributed by atoms with E-state index in [0.29, 0.717) is 12.0 Å². The molecule has 0 saturated carbocycles. The minimum atomic E-state index is -4.41. The third kappa shape index (κ3) is 8.23. The van der Waals surface area contributed by atoms with E-state index in [9.17, 15) is 26.7 Å². The van der Waals surface area contributed by atoms with E-state index < -0.39 is 21.8 Å². The molecule has 1 aromatic carbocycles. The maximum Gasteiger partial charge on any atom is 0.416 e. The molecule has 0 aliphatic heterocycles. The first-order valence-corrected chi connectivity index (χ1v) is 11.9. The first-order chi connectivity index (χ1) is 14.8. The van der Waals surface area contributed by atoms with Crippen LogP contribution in [-0.2, 0) is 22.6 Å². The van der Waals surface area contributed by atoms with Crippen LogP contribution in [0.1, 0.15) is 50.1 Å². The lowest BCUT2D eigenvalue weighted by Crippen LogP contribution is -2.27. The van der Waals surface area contributed by atoms with Crippen LogP contribution in [0.3, 0.4) is 0 Å². The van der Waals surface area contributed by atoms with E-state index in [-0.39, 0.29) is 48.6 Å². The van der Waals surface area contributed by atoms with Gasteiger partial charge < -0.3 is 10.4 Å². The fourth-order valence-corrected chi connectivity index (χ4v) is 3.53. The number of hydrogen-bond donors (Lipinski definition) is 3. The summed E-state index contributed by atoms with van der Waals surface area (Å²) >= 11 is 0. The zero-order chi connectivity index (χ0) is 24.1. The summed E-state index contributed by atoms with van der Waals surface area (Å²) in [6.45, 7) is 5.62. The summed E-state index contributed by atoms with van der Waals surface area (Å²) in [7, 11) is -3.65. The molecule has 2 atom stereocenters. The van der Waals surface area contributed by atoms with Gasteiger partial charge in [0.1, 0.15) is 5.82 Å². The highest BCUT2D eigenvalue weighted by molar-refractivity contribution is 7.91. The Morgan fingerprint density at radius 2 is 1.62 bits per heavy atom. The summed E-state index contributed by atoms with van der Waals surface area (Å²) in [5.74, 6) is 0.209. The number of rotatable bonds is 10. The Morgan fingerprint density at radius 1 is 1.03 bits per heavy atom. The Bertz CT molecular complexity index is 999. The second kappa shape index (κ2) is 10.4. The summed E-state index contributed by atoms with van der Waals surface area (Å²) < 4.78 is 63.9. The lowest BCUT2D eigenvalue weighted by molar-refractivity contribution is -0.137. The van der Waals surface area contributed by atoms with Crippen molar-refractivity contribution in [3.63, 3.8) is 0 Å². The minimum Gasteiger partial charge on any atom is -0.394 e. The van der Waals surface area contributed by atoms with Crippen LogP contribution in [0.25, 0.3) is 0 Å². The highest BCUT2D eigenvalue weighted by Crippen LogP contribution is 2.30. The van der Waals surface area contributed by atoms with E-state index in [2.05, 4.69) is 25.0 Å². The van der Waals surface area contributed by atoms with Crippen LogP contribution in [-0.4, -0.2) is 47.4 Å². The van der Waals surface area contributed by atoms with Crippen LogP contribution in [0.5, 0.6) is 0 Å². The fourth-order valence-electron chi connectivity index (χ4n) is 3.11. The molecule has 1 aromatic heterocycles. The zero-order valence-corrected chi connectivity index (χ0v) is 19.1. The number of alkyl halides is 3. The second-order valence-corrected chi connectivity index (χ2v) is 9.90. The maximum absolute atomic E-state index is 12.8. The first-order valence-electron chi connectivity index (χ1n) is 10.0. The molecule has 2 aromatic rings. The smallest absolute Gasteiger partial charge is 0.394 e. The SMILES string of the molecule is CC(C)C[C@H](CO)Nc1nc(CC(C)c2ccc(C(F)(F)F)cc2)nc(NS(C)(=O)=O)n1. The number of nitrogens with zero attached hydrogens (tertiary/aromatic N) is 3. The summed E-state index contributed by atoms with van der Waals surface area (Å²) in [5, 5.41) is 12.6. The van der Waals surface area contributed by atoms with Crippen molar-refractivity contribution in [2.24, 2.45) is 5.92 Å². The molecular weight excluding hydrogens is 447 g/mol. The third-order valence-corrected chi connectivity index (χ3v) is 5.12. The van der Waals surface area contributed by atoms with E-state index in [1.165, 1.54) is 12.1 Å². The predicted molar refractivity (Wildman–Crippen MR) is 116 cm³/mol. The lowest BCUT2D eigenvalue weighted by Gasteiger charge is -2.19. The summed E-state index contributed by atoms with van der Waals surface area (Å²) in [6.07, 6.45) is -2.59. The number of anilines is 2. The van der Waals surface area contributed by atoms with Crippen molar-refractivity contribution < 1.29 is 26.7 Å². The van der Waals surface area contributed by atoms with Gasteiger partial charge in [-0.3, -0.25) is 4.72 Å². The number of halogens is 3. The van der Waals surface area contributed by atoms with Crippen molar-refractivity contribution in [3.8, 4) is 0 Å². The Hall–Kier alpha value is -2.47. The molecule has 1 heterocycles. The summed E-state index contributed by atoms with van der Waals surface area (Å²) in [4.78, 5) is 12.5.